The van der Waals surface area contributed by atoms with Crippen molar-refractivity contribution in [3.05, 3.63) is 136 Å². The lowest BCUT2D eigenvalue weighted by Crippen LogP contribution is -2.28. The van der Waals surface area contributed by atoms with Crippen LogP contribution < -0.4 is 5.32 Å². The van der Waals surface area contributed by atoms with Crippen molar-refractivity contribution < 1.29 is 19.1 Å². The van der Waals surface area contributed by atoms with E-state index in [1.54, 1.807) is 24.3 Å². The Morgan fingerprint density at radius 2 is 1.80 bits per heavy atom. The topological polar surface area (TPSA) is 92.4 Å². The number of carbonyl (C=O) groups excluding carboxylic acids is 1. The van der Waals surface area contributed by atoms with E-state index in [4.69, 9.17) is 16.0 Å². The van der Waals surface area contributed by atoms with Crippen LogP contribution in [-0.2, 0) is 6.42 Å². The molecule has 200 valence electrons. The third kappa shape index (κ3) is 6.72. The van der Waals surface area contributed by atoms with E-state index < -0.39 is 5.97 Å². The van der Waals surface area contributed by atoms with E-state index in [-0.39, 0.29) is 23.9 Å². The SMILES string of the molecule is O=C(CNC(CCc1ccccc1C(=O)O)c1cccc(/C=C/c2ccc3ccc(Cl)cc3n2)c1)c1ccco1. The van der Waals surface area contributed by atoms with Gasteiger partial charge in [0.2, 0.25) is 5.78 Å². The molecular formula is C33H27ClN2O4. The molecular weight excluding hydrogens is 524 g/mol. The molecule has 0 radical (unpaired) electrons. The number of hydrogen-bond donors (Lipinski definition) is 2. The number of aromatic carboxylic acids is 1. The first-order valence-corrected chi connectivity index (χ1v) is 13.3. The molecule has 0 saturated carbocycles. The van der Waals surface area contributed by atoms with Gasteiger partial charge in [-0.2, -0.15) is 0 Å². The van der Waals surface area contributed by atoms with Gasteiger partial charge in [0, 0.05) is 16.5 Å². The number of fused-ring (bicyclic) bond motifs is 1. The fourth-order valence-corrected chi connectivity index (χ4v) is 4.80. The highest BCUT2D eigenvalue weighted by atomic mass is 35.5. The van der Waals surface area contributed by atoms with Gasteiger partial charge in [0.15, 0.2) is 5.76 Å². The van der Waals surface area contributed by atoms with Crippen LogP contribution in [0, 0.1) is 0 Å². The van der Waals surface area contributed by atoms with Gasteiger partial charge in [-0.1, -0.05) is 72.3 Å². The minimum absolute atomic E-state index is 0.0857. The van der Waals surface area contributed by atoms with Crippen LogP contribution in [0.15, 0.2) is 102 Å². The summed E-state index contributed by atoms with van der Waals surface area (Å²) in [6.45, 7) is 0.0857. The average Bonchev–Trinajstić information content (AvgIpc) is 3.51. The van der Waals surface area contributed by atoms with Gasteiger partial charge in [-0.25, -0.2) is 9.78 Å². The molecule has 2 aromatic heterocycles. The smallest absolute Gasteiger partial charge is 0.335 e. The number of Topliss-reactive ketones (excluding diaryl/α,β-unsaturated/α-hetero) is 1. The Morgan fingerprint density at radius 1 is 0.950 bits per heavy atom. The number of pyridine rings is 1. The third-order valence-corrected chi connectivity index (χ3v) is 6.93. The van der Waals surface area contributed by atoms with Gasteiger partial charge in [-0.05, 0) is 72.0 Å². The normalized spacial score (nSPS) is 12.1. The Bertz CT molecular complexity index is 1680. The monoisotopic (exact) mass is 550 g/mol. The Labute approximate surface area is 236 Å². The quantitative estimate of drug-likeness (QED) is 0.165. The number of benzene rings is 3. The van der Waals surface area contributed by atoms with E-state index in [2.05, 4.69) is 16.4 Å². The first-order valence-electron chi connectivity index (χ1n) is 12.9. The van der Waals surface area contributed by atoms with E-state index in [1.165, 1.54) is 6.26 Å². The van der Waals surface area contributed by atoms with Crippen molar-refractivity contribution in [2.24, 2.45) is 0 Å². The summed E-state index contributed by atoms with van der Waals surface area (Å²) in [4.78, 5) is 29.0. The molecule has 5 aromatic rings. The van der Waals surface area contributed by atoms with Crippen LogP contribution in [0.2, 0.25) is 5.02 Å². The number of nitrogens with one attached hydrogen (secondary N) is 1. The molecule has 0 fully saturated rings. The van der Waals surface area contributed by atoms with Gasteiger partial charge < -0.3 is 14.8 Å². The fraction of sp³-hybridized carbons (Fsp3) is 0.121. The largest absolute Gasteiger partial charge is 0.478 e. The highest BCUT2D eigenvalue weighted by molar-refractivity contribution is 6.31. The van der Waals surface area contributed by atoms with E-state index in [0.717, 1.165) is 33.3 Å². The van der Waals surface area contributed by atoms with Crippen LogP contribution in [0.3, 0.4) is 0 Å². The summed E-state index contributed by atoms with van der Waals surface area (Å²) < 4.78 is 5.25. The molecule has 5 rings (SSSR count). The second kappa shape index (κ2) is 12.6. The van der Waals surface area contributed by atoms with Crippen molar-refractivity contribution in [1.82, 2.24) is 10.3 Å². The van der Waals surface area contributed by atoms with Crippen LogP contribution in [0.1, 0.15) is 55.8 Å². The van der Waals surface area contributed by atoms with E-state index in [0.29, 0.717) is 23.6 Å². The first-order chi connectivity index (χ1) is 19.5. The minimum atomic E-state index is -0.954. The second-order valence-corrected chi connectivity index (χ2v) is 9.85. The minimum Gasteiger partial charge on any atom is -0.478 e. The number of halogens is 1. The molecule has 7 heteroatoms. The van der Waals surface area contributed by atoms with E-state index in [9.17, 15) is 14.7 Å². The lowest BCUT2D eigenvalue weighted by molar-refractivity contribution is 0.0695. The molecule has 0 aliphatic heterocycles. The maximum absolute atomic E-state index is 12.6. The van der Waals surface area contributed by atoms with Gasteiger partial charge in [-0.15, -0.1) is 0 Å². The van der Waals surface area contributed by atoms with Crippen LogP contribution in [0.5, 0.6) is 0 Å². The highest BCUT2D eigenvalue weighted by Gasteiger charge is 2.17. The number of nitrogens with zero attached hydrogens (tertiary/aromatic N) is 1. The molecule has 0 amide bonds. The molecule has 2 N–H and O–H groups in total. The number of carboxylic acids is 1. The van der Waals surface area contributed by atoms with Crippen LogP contribution >= 0.6 is 11.6 Å². The predicted molar refractivity (Wildman–Crippen MR) is 158 cm³/mol. The summed E-state index contributed by atoms with van der Waals surface area (Å²) in [6, 6.07) is 27.8. The van der Waals surface area contributed by atoms with Crippen LogP contribution in [0.4, 0.5) is 0 Å². The van der Waals surface area contributed by atoms with Gasteiger partial charge >= 0.3 is 5.97 Å². The molecule has 1 unspecified atom stereocenters. The Kier molecular flexibility index (Phi) is 8.50. The predicted octanol–water partition coefficient (Wildman–Crippen LogP) is 7.50. The number of carbonyl (C=O) groups is 2. The van der Waals surface area contributed by atoms with Gasteiger partial charge in [0.05, 0.1) is 29.6 Å². The molecule has 0 saturated heterocycles. The Hall–Kier alpha value is -4.52. The number of rotatable bonds is 11. The van der Waals surface area contributed by atoms with Crippen molar-refractivity contribution in [1.29, 1.82) is 0 Å². The molecule has 6 nitrogen and oxygen atoms in total. The highest BCUT2D eigenvalue weighted by Crippen LogP contribution is 2.24. The summed E-state index contributed by atoms with van der Waals surface area (Å²) in [5.74, 6) is -0.812. The fourth-order valence-electron chi connectivity index (χ4n) is 4.63. The lowest BCUT2D eigenvalue weighted by Gasteiger charge is -2.20. The first kappa shape index (κ1) is 27.1. The number of aromatic nitrogens is 1. The van der Waals surface area contributed by atoms with Gasteiger partial charge in [-0.3, -0.25) is 4.79 Å². The van der Waals surface area contributed by atoms with E-state index in [1.807, 2.05) is 72.8 Å². The van der Waals surface area contributed by atoms with Crippen molar-refractivity contribution in [3.63, 3.8) is 0 Å². The molecule has 3 aromatic carbocycles. The average molecular weight is 551 g/mol. The van der Waals surface area contributed by atoms with Crippen molar-refractivity contribution in [2.75, 3.05) is 6.54 Å². The zero-order valence-corrected chi connectivity index (χ0v) is 22.3. The molecule has 0 aliphatic rings. The summed E-state index contributed by atoms with van der Waals surface area (Å²) in [6.07, 6.45) is 6.54. The number of carboxylic acid groups (broad SMARTS) is 1. The molecule has 0 spiro atoms. The molecule has 0 bridgehead atoms. The van der Waals surface area contributed by atoms with Crippen LogP contribution in [-0.4, -0.2) is 28.4 Å². The number of hydrogen-bond acceptors (Lipinski definition) is 5. The number of furan rings is 1. The zero-order chi connectivity index (χ0) is 27.9. The third-order valence-electron chi connectivity index (χ3n) is 6.69. The van der Waals surface area contributed by atoms with Crippen molar-refractivity contribution in [2.45, 2.75) is 18.9 Å². The van der Waals surface area contributed by atoms with Gasteiger partial charge in [0.25, 0.3) is 0 Å². The summed E-state index contributed by atoms with van der Waals surface area (Å²) in [5, 5.41) is 14.6. The van der Waals surface area contributed by atoms with Gasteiger partial charge in [0.1, 0.15) is 0 Å². The molecule has 0 aliphatic carbocycles. The summed E-state index contributed by atoms with van der Waals surface area (Å²) >= 11 is 6.13. The lowest BCUT2D eigenvalue weighted by atomic mass is 9.95. The number of aryl methyl sites for hydroxylation is 1. The standard InChI is InChI=1S/C33H27ClN2O4/c34-26-14-11-24-12-16-27(36-30(24)20-26)15-10-22-5-3-7-25(19-22)29(35-21-31(37)32-9-4-18-40-32)17-13-23-6-1-2-8-28(23)33(38)39/h1-12,14-16,18-20,29,35H,13,17,21H2,(H,38,39)/b15-10+. The zero-order valence-electron chi connectivity index (χ0n) is 21.6. The number of ketones is 1. The van der Waals surface area contributed by atoms with Crippen LogP contribution in [0.25, 0.3) is 23.1 Å². The molecule has 1 atom stereocenters. The summed E-state index contributed by atoms with van der Waals surface area (Å²) in [5.41, 5.74) is 4.63. The molecule has 2 heterocycles. The van der Waals surface area contributed by atoms with Crippen molar-refractivity contribution in [3.8, 4) is 0 Å². The maximum Gasteiger partial charge on any atom is 0.335 e. The second-order valence-electron chi connectivity index (χ2n) is 9.41. The van der Waals surface area contributed by atoms with Crippen molar-refractivity contribution >= 4 is 46.4 Å². The maximum atomic E-state index is 12.6. The molecule has 40 heavy (non-hydrogen) atoms. The Balaban J connectivity index is 1.37. The summed E-state index contributed by atoms with van der Waals surface area (Å²) in [7, 11) is 0. The van der Waals surface area contributed by atoms with E-state index >= 15 is 0 Å². The Morgan fingerprint density at radius 3 is 2.62 bits per heavy atom.